The Kier molecular flexibility index (Phi) is 3.46. The van der Waals surface area contributed by atoms with Crippen LogP contribution in [0.4, 0.5) is 4.39 Å². The number of aryl methyl sites for hydroxylation is 1. The molecule has 1 atom stereocenters. The van der Waals surface area contributed by atoms with Gasteiger partial charge >= 0.3 is 0 Å². The van der Waals surface area contributed by atoms with E-state index in [0.717, 1.165) is 5.56 Å². The molecule has 0 heterocycles. The van der Waals surface area contributed by atoms with Crippen molar-refractivity contribution in [2.24, 2.45) is 0 Å². The Morgan fingerprint density at radius 2 is 1.82 bits per heavy atom. The molecule has 0 saturated carbocycles. The maximum atomic E-state index is 13.5. The highest BCUT2D eigenvalue weighted by Crippen LogP contribution is 2.30. The summed E-state index contributed by atoms with van der Waals surface area (Å²) in [6.45, 7) is 1.91. The van der Waals surface area contributed by atoms with E-state index in [1.54, 1.807) is 30.3 Å². The first-order chi connectivity index (χ1) is 8.09. The summed E-state index contributed by atoms with van der Waals surface area (Å²) in [7, 11) is 0. The van der Waals surface area contributed by atoms with Gasteiger partial charge in [0.05, 0.1) is 0 Å². The molecule has 3 heteroatoms. The molecule has 0 saturated heterocycles. The minimum Gasteiger partial charge on any atom is -0.383 e. The largest absolute Gasteiger partial charge is 0.383 e. The van der Waals surface area contributed by atoms with Gasteiger partial charge in [0.15, 0.2) is 0 Å². The molecule has 0 fully saturated rings. The first-order valence-electron chi connectivity index (χ1n) is 5.28. The highest BCUT2D eigenvalue weighted by Gasteiger charge is 2.16. The predicted molar refractivity (Wildman–Crippen MR) is 66.7 cm³/mol. The van der Waals surface area contributed by atoms with E-state index in [1.807, 2.05) is 13.0 Å². The van der Waals surface area contributed by atoms with Gasteiger partial charge in [0, 0.05) is 16.1 Å². The molecule has 0 aliphatic carbocycles. The molecule has 1 N–H and O–H groups in total. The van der Waals surface area contributed by atoms with Crippen molar-refractivity contribution in [2.45, 2.75) is 13.0 Å². The van der Waals surface area contributed by atoms with Crippen molar-refractivity contribution in [1.29, 1.82) is 0 Å². The molecule has 0 amide bonds. The second kappa shape index (κ2) is 4.86. The van der Waals surface area contributed by atoms with Crippen LogP contribution in [-0.4, -0.2) is 5.11 Å². The minimum absolute atomic E-state index is 0.234. The average Bonchev–Trinajstić information content (AvgIpc) is 2.29. The third-order valence-electron chi connectivity index (χ3n) is 2.65. The fraction of sp³-hybridized carbons (Fsp3) is 0.143. The lowest BCUT2D eigenvalue weighted by Crippen LogP contribution is -2.03. The standard InChI is InChI=1S/C14H12ClFO/c1-9-6-7-10(12(15)8-9)14(17)11-4-2-3-5-13(11)16/h2-8,14,17H,1H3. The van der Waals surface area contributed by atoms with E-state index in [-0.39, 0.29) is 5.56 Å². The van der Waals surface area contributed by atoms with Gasteiger partial charge in [-0.15, -0.1) is 0 Å². The van der Waals surface area contributed by atoms with Crippen LogP contribution in [0.3, 0.4) is 0 Å². The summed E-state index contributed by atoms with van der Waals surface area (Å²) < 4.78 is 13.5. The van der Waals surface area contributed by atoms with Crippen LogP contribution in [0.5, 0.6) is 0 Å². The molecule has 0 radical (unpaired) electrons. The van der Waals surface area contributed by atoms with Gasteiger partial charge in [0.2, 0.25) is 0 Å². The zero-order valence-electron chi connectivity index (χ0n) is 9.32. The van der Waals surface area contributed by atoms with Gasteiger partial charge in [-0.05, 0) is 24.6 Å². The van der Waals surface area contributed by atoms with E-state index in [0.29, 0.717) is 10.6 Å². The van der Waals surface area contributed by atoms with Crippen LogP contribution in [0.2, 0.25) is 5.02 Å². The zero-order chi connectivity index (χ0) is 12.4. The van der Waals surface area contributed by atoms with E-state index in [4.69, 9.17) is 11.6 Å². The van der Waals surface area contributed by atoms with E-state index in [1.165, 1.54) is 6.07 Å². The summed E-state index contributed by atoms with van der Waals surface area (Å²) in [5, 5.41) is 10.6. The summed E-state index contributed by atoms with van der Waals surface area (Å²) in [5.41, 5.74) is 1.75. The van der Waals surface area contributed by atoms with Gasteiger partial charge in [-0.1, -0.05) is 41.9 Å². The van der Waals surface area contributed by atoms with E-state index < -0.39 is 11.9 Å². The molecule has 0 aliphatic rings. The third kappa shape index (κ3) is 2.48. The number of benzene rings is 2. The number of hydrogen-bond donors (Lipinski definition) is 1. The van der Waals surface area contributed by atoms with Gasteiger partial charge < -0.3 is 5.11 Å². The second-order valence-electron chi connectivity index (χ2n) is 3.95. The average molecular weight is 251 g/mol. The van der Waals surface area contributed by atoms with Gasteiger partial charge in [-0.3, -0.25) is 0 Å². The Labute approximate surface area is 104 Å². The highest BCUT2D eigenvalue weighted by atomic mass is 35.5. The SMILES string of the molecule is Cc1ccc(C(O)c2ccccc2F)c(Cl)c1. The Morgan fingerprint density at radius 1 is 1.12 bits per heavy atom. The molecule has 2 aromatic rings. The predicted octanol–water partition coefficient (Wildman–Crippen LogP) is 3.87. The molecule has 2 aromatic carbocycles. The van der Waals surface area contributed by atoms with Crippen LogP contribution in [-0.2, 0) is 0 Å². The van der Waals surface area contributed by atoms with Crippen molar-refractivity contribution < 1.29 is 9.50 Å². The van der Waals surface area contributed by atoms with Crippen LogP contribution in [0.1, 0.15) is 22.8 Å². The molecule has 88 valence electrons. The van der Waals surface area contributed by atoms with Crippen LogP contribution in [0, 0.1) is 12.7 Å². The Hall–Kier alpha value is -1.38. The van der Waals surface area contributed by atoms with Crippen molar-refractivity contribution in [3.63, 3.8) is 0 Å². The lowest BCUT2D eigenvalue weighted by Gasteiger charge is -2.14. The highest BCUT2D eigenvalue weighted by molar-refractivity contribution is 6.31. The fourth-order valence-corrected chi connectivity index (χ4v) is 2.06. The van der Waals surface area contributed by atoms with Crippen molar-refractivity contribution in [3.05, 3.63) is 70.0 Å². The van der Waals surface area contributed by atoms with Crippen molar-refractivity contribution in [3.8, 4) is 0 Å². The zero-order valence-corrected chi connectivity index (χ0v) is 10.1. The maximum Gasteiger partial charge on any atom is 0.129 e. The maximum absolute atomic E-state index is 13.5. The lowest BCUT2D eigenvalue weighted by atomic mass is 10.00. The van der Waals surface area contributed by atoms with E-state index in [2.05, 4.69) is 0 Å². The first kappa shape index (κ1) is 12.1. The van der Waals surface area contributed by atoms with E-state index in [9.17, 15) is 9.50 Å². The fourth-order valence-electron chi connectivity index (χ4n) is 1.72. The Bertz CT molecular complexity index is 539. The van der Waals surface area contributed by atoms with Gasteiger partial charge in [-0.2, -0.15) is 0 Å². The Balaban J connectivity index is 2.44. The van der Waals surface area contributed by atoms with Crippen molar-refractivity contribution in [1.82, 2.24) is 0 Å². The summed E-state index contributed by atoms with van der Waals surface area (Å²) >= 11 is 6.04. The number of rotatable bonds is 2. The second-order valence-corrected chi connectivity index (χ2v) is 4.36. The van der Waals surface area contributed by atoms with Gasteiger partial charge in [-0.25, -0.2) is 4.39 Å². The summed E-state index contributed by atoms with van der Waals surface area (Å²) in [6, 6.07) is 11.4. The molecule has 17 heavy (non-hydrogen) atoms. The number of aliphatic hydroxyl groups is 1. The number of halogens is 2. The summed E-state index contributed by atoms with van der Waals surface area (Å²) in [4.78, 5) is 0. The normalized spacial score (nSPS) is 12.5. The molecule has 0 spiro atoms. The van der Waals surface area contributed by atoms with Crippen molar-refractivity contribution in [2.75, 3.05) is 0 Å². The van der Waals surface area contributed by atoms with Gasteiger partial charge in [0.1, 0.15) is 11.9 Å². The lowest BCUT2D eigenvalue weighted by molar-refractivity contribution is 0.215. The smallest absolute Gasteiger partial charge is 0.129 e. The molecule has 1 nitrogen and oxygen atoms in total. The van der Waals surface area contributed by atoms with Crippen LogP contribution < -0.4 is 0 Å². The van der Waals surface area contributed by atoms with Crippen molar-refractivity contribution >= 4 is 11.6 Å². The topological polar surface area (TPSA) is 20.2 Å². The quantitative estimate of drug-likeness (QED) is 0.858. The van der Waals surface area contributed by atoms with E-state index >= 15 is 0 Å². The molecule has 0 bridgehead atoms. The van der Waals surface area contributed by atoms with Crippen LogP contribution >= 0.6 is 11.6 Å². The third-order valence-corrected chi connectivity index (χ3v) is 2.98. The summed E-state index contributed by atoms with van der Waals surface area (Å²) in [6.07, 6.45) is -1.04. The summed E-state index contributed by atoms with van der Waals surface area (Å²) in [5.74, 6) is -0.434. The first-order valence-corrected chi connectivity index (χ1v) is 5.66. The Morgan fingerprint density at radius 3 is 2.47 bits per heavy atom. The monoisotopic (exact) mass is 250 g/mol. The molecule has 2 rings (SSSR count). The molecular weight excluding hydrogens is 239 g/mol. The number of hydrogen-bond acceptors (Lipinski definition) is 1. The number of aliphatic hydroxyl groups excluding tert-OH is 1. The molecule has 0 aromatic heterocycles. The molecule has 0 aliphatic heterocycles. The van der Waals surface area contributed by atoms with Crippen LogP contribution in [0.25, 0.3) is 0 Å². The molecule has 1 unspecified atom stereocenters. The van der Waals surface area contributed by atoms with Gasteiger partial charge in [0.25, 0.3) is 0 Å². The minimum atomic E-state index is -1.04. The van der Waals surface area contributed by atoms with Crippen LogP contribution in [0.15, 0.2) is 42.5 Å². The molecular formula is C14H12ClFO.